The van der Waals surface area contributed by atoms with Crippen molar-refractivity contribution in [3.8, 4) is 0 Å². The van der Waals surface area contributed by atoms with Crippen LogP contribution in [0.5, 0.6) is 0 Å². The molecule has 0 aromatic heterocycles. The molecular formula is C29H38N4O3. The molecule has 0 spiro atoms. The summed E-state index contributed by atoms with van der Waals surface area (Å²) in [6, 6.07) is 16.3. The Morgan fingerprint density at radius 3 is 2.17 bits per heavy atom. The number of amides is 3. The molecule has 7 heteroatoms. The van der Waals surface area contributed by atoms with Gasteiger partial charge in [-0.25, -0.2) is 4.79 Å². The summed E-state index contributed by atoms with van der Waals surface area (Å²) in [6.45, 7) is 11.2. The van der Waals surface area contributed by atoms with E-state index in [0.717, 1.165) is 61.4 Å². The van der Waals surface area contributed by atoms with Gasteiger partial charge in [-0.3, -0.25) is 4.79 Å². The van der Waals surface area contributed by atoms with Crippen LogP contribution in [-0.2, 0) is 4.74 Å². The molecule has 3 saturated heterocycles. The summed E-state index contributed by atoms with van der Waals surface area (Å²) in [4.78, 5) is 32.6. The molecule has 1 N–H and O–H groups in total. The quantitative estimate of drug-likeness (QED) is 0.674. The van der Waals surface area contributed by atoms with Crippen molar-refractivity contribution in [2.75, 3.05) is 59.0 Å². The minimum Gasteiger partial charge on any atom is -0.378 e. The van der Waals surface area contributed by atoms with Crippen molar-refractivity contribution in [1.82, 2.24) is 20.0 Å². The Morgan fingerprint density at radius 2 is 1.53 bits per heavy atom. The van der Waals surface area contributed by atoms with E-state index in [4.69, 9.17) is 4.74 Å². The molecule has 0 bridgehead atoms. The Kier molecular flexibility index (Phi) is 7.58. The zero-order valence-electron chi connectivity index (χ0n) is 21.5. The number of fused-ring (bicyclic) bond motifs is 1. The standard InChI is InChI=1S/C29H38N4O3/c1-21-7-6-8-22(2)27(21)28(34)33-19-24-17-31(18-25(24)20-33)12-11-26(23-9-4-3-5-10-23)30-29(35)32-13-15-36-16-14-32/h3-10,24-26H,11-20H2,1-2H3,(H,30,35)/t24-,25?,26?/m0/s1. The second kappa shape index (κ2) is 11.0. The minimum atomic E-state index is -0.0240. The third-order valence-corrected chi connectivity index (χ3v) is 8.08. The van der Waals surface area contributed by atoms with Crippen molar-refractivity contribution in [3.05, 3.63) is 70.8 Å². The third-order valence-electron chi connectivity index (χ3n) is 8.08. The molecule has 0 radical (unpaired) electrons. The van der Waals surface area contributed by atoms with Crippen LogP contribution in [-0.4, -0.2) is 85.7 Å². The molecule has 3 fully saturated rings. The van der Waals surface area contributed by atoms with Crippen LogP contribution in [0.2, 0.25) is 0 Å². The number of rotatable bonds is 6. The predicted molar refractivity (Wildman–Crippen MR) is 140 cm³/mol. The van der Waals surface area contributed by atoms with E-state index in [1.54, 1.807) is 0 Å². The number of carbonyl (C=O) groups is 2. The summed E-state index contributed by atoms with van der Waals surface area (Å²) in [5.74, 6) is 1.23. The number of carbonyl (C=O) groups excluding carboxylic acids is 2. The summed E-state index contributed by atoms with van der Waals surface area (Å²) in [5.41, 5.74) is 4.13. The topological polar surface area (TPSA) is 65.1 Å². The van der Waals surface area contributed by atoms with Crippen molar-refractivity contribution in [2.24, 2.45) is 11.8 Å². The predicted octanol–water partition coefficient (Wildman–Crippen LogP) is 3.48. The van der Waals surface area contributed by atoms with Gasteiger partial charge in [-0.05, 0) is 48.8 Å². The largest absolute Gasteiger partial charge is 0.378 e. The fourth-order valence-electron chi connectivity index (χ4n) is 6.07. The van der Waals surface area contributed by atoms with Gasteiger partial charge in [0.25, 0.3) is 5.91 Å². The van der Waals surface area contributed by atoms with E-state index < -0.39 is 0 Å². The number of nitrogens with zero attached hydrogens (tertiary/aromatic N) is 3. The van der Waals surface area contributed by atoms with Gasteiger partial charge in [0.05, 0.1) is 19.3 Å². The van der Waals surface area contributed by atoms with E-state index in [0.29, 0.717) is 38.1 Å². The third kappa shape index (κ3) is 5.42. The van der Waals surface area contributed by atoms with E-state index in [-0.39, 0.29) is 18.0 Å². The number of hydrogen-bond donors (Lipinski definition) is 1. The van der Waals surface area contributed by atoms with Gasteiger partial charge in [0.1, 0.15) is 0 Å². The smallest absolute Gasteiger partial charge is 0.318 e. The van der Waals surface area contributed by atoms with Crippen molar-refractivity contribution >= 4 is 11.9 Å². The highest BCUT2D eigenvalue weighted by molar-refractivity contribution is 5.97. The maximum atomic E-state index is 13.3. The van der Waals surface area contributed by atoms with Crippen molar-refractivity contribution in [1.29, 1.82) is 0 Å². The summed E-state index contributed by atoms with van der Waals surface area (Å²) in [5, 5.41) is 3.28. The highest BCUT2D eigenvalue weighted by atomic mass is 16.5. The molecule has 2 aromatic carbocycles. The lowest BCUT2D eigenvalue weighted by molar-refractivity contribution is 0.0523. The second-order valence-corrected chi connectivity index (χ2v) is 10.6. The van der Waals surface area contributed by atoms with Crippen molar-refractivity contribution in [2.45, 2.75) is 26.3 Å². The Labute approximate surface area is 214 Å². The second-order valence-electron chi connectivity index (χ2n) is 10.6. The monoisotopic (exact) mass is 490 g/mol. The van der Waals surface area contributed by atoms with Crippen LogP contribution in [0.4, 0.5) is 4.79 Å². The molecule has 7 nitrogen and oxygen atoms in total. The summed E-state index contributed by atoms with van der Waals surface area (Å²) in [7, 11) is 0. The molecule has 36 heavy (non-hydrogen) atoms. The Morgan fingerprint density at radius 1 is 0.889 bits per heavy atom. The SMILES string of the molecule is Cc1cccc(C)c1C(=O)N1CC2CN(CCC(NC(=O)N3CCOCC3)c3ccccc3)C[C@H]2C1. The van der Waals surface area contributed by atoms with Gasteiger partial charge >= 0.3 is 6.03 Å². The molecule has 0 aliphatic carbocycles. The first kappa shape index (κ1) is 24.8. The highest BCUT2D eigenvalue weighted by Gasteiger charge is 2.42. The summed E-state index contributed by atoms with van der Waals surface area (Å²) < 4.78 is 5.40. The van der Waals surface area contributed by atoms with Crippen molar-refractivity contribution in [3.63, 3.8) is 0 Å². The van der Waals surface area contributed by atoms with Gasteiger partial charge in [0, 0.05) is 51.4 Å². The van der Waals surface area contributed by atoms with Crippen LogP contribution in [0.3, 0.4) is 0 Å². The average Bonchev–Trinajstić information content (AvgIpc) is 3.46. The van der Waals surface area contributed by atoms with Crippen molar-refractivity contribution < 1.29 is 14.3 Å². The highest BCUT2D eigenvalue weighted by Crippen LogP contribution is 2.33. The number of urea groups is 1. The fraction of sp³-hybridized carbons (Fsp3) is 0.517. The lowest BCUT2D eigenvalue weighted by atomic mass is 10.0. The number of likely N-dealkylation sites (tertiary alicyclic amines) is 2. The average molecular weight is 491 g/mol. The zero-order chi connectivity index (χ0) is 25.1. The summed E-state index contributed by atoms with van der Waals surface area (Å²) in [6.07, 6.45) is 0.866. The molecule has 2 aromatic rings. The van der Waals surface area contributed by atoms with Crippen LogP contribution in [0, 0.1) is 25.7 Å². The Hall–Kier alpha value is -2.90. The first-order valence-electron chi connectivity index (χ1n) is 13.3. The molecule has 3 aliphatic heterocycles. The first-order chi connectivity index (χ1) is 17.5. The maximum Gasteiger partial charge on any atom is 0.318 e. The molecule has 192 valence electrons. The van der Waals surface area contributed by atoms with Crippen LogP contribution in [0.15, 0.2) is 48.5 Å². The molecule has 3 atom stereocenters. The number of nitrogens with one attached hydrogen (secondary N) is 1. The van der Waals surface area contributed by atoms with Gasteiger partial charge in [-0.2, -0.15) is 0 Å². The number of aryl methyl sites for hydroxylation is 2. The van der Waals surface area contributed by atoms with Crippen LogP contribution in [0.25, 0.3) is 0 Å². The van der Waals surface area contributed by atoms with Gasteiger partial charge < -0.3 is 24.8 Å². The molecule has 2 unspecified atom stereocenters. The van der Waals surface area contributed by atoms with Crippen LogP contribution in [0.1, 0.15) is 39.5 Å². The van der Waals surface area contributed by atoms with Crippen LogP contribution >= 0.6 is 0 Å². The fourth-order valence-corrected chi connectivity index (χ4v) is 6.07. The lowest BCUT2D eigenvalue weighted by Gasteiger charge is -2.30. The summed E-state index contributed by atoms with van der Waals surface area (Å²) >= 11 is 0. The molecular weight excluding hydrogens is 452 g/mol. The van der Waals surface area contributed by atoms with E-state index in [1.807, 2.05) is 55.1 Å². The number of hydrogen-bond acceptors (Lipinski definition) is 4. The molecule has 5 rings (SSSR count). The van der Waals surface area contributed by atoms with Gasteiger partial charge in [-0.15, -0.1) is 0 Å². The van der Waals surface area contributed by atoms with Gasteiger partial charge in [0.15, 0.2) is 0 Å². The Balaban J connectivity index is 1.16. The first-order valence-corrected chi connectivity index (χ1v) is 13.3. The van der Waals surface area contributed by atoms with E-state index in [2.05, 4.69) is 27.2 Å². The van der Waals surface area contributed by atoms with Gasteiger partial charge in [-0.1, -0.05) is 48.5 Å². The molecule has 3 heterocycles. The minimum absolute atomic E-state index is 0.00824. The number of benzene rings is 2. The lowest BCUT2D eigenvalue weighted by Crippen LogP contribution is -2.47. The maximum absolute atomic E-state index is 13.3. The van der Waals surface area contributed by atoms with E-state index in [9.17, 15) is 9.59 Å². The Bertz CT molecular complexity index is 1040. The molecule has 0 saturated carbocycles. The number of morpholine rings is 1. The van der Waals surface area contributed by atoms with Gasteiger partial charge in [0.2, 0.25) is 0 Å². The number of ether oxygens (including phenoxy) is 1. The zero-order valence-corrected chi connectivity index (χ0v) is 21.5. The molecule has 3 aliphatic rings. The van der Waals surface area contributed by atoms with E-state index in [1.165, 1.54) is 0 Å². The van der Waals surface area contributed by atoms with E-state index >= 15 is 0 Å². The molecule has 3 amide bonds. The normalized spacial score (nSPS) is 22.9. The van der Waals surface area contributed by atoms with Crippen LogP contribution < -0.4 is 5.32 Å².